The quantitative estimate of drug-likeness (QED) is 0.281. The molecule has 0 aromatic heterocycles. The molecule has 1 N–H and O–H groups in total. The van der Waals surface area contributed by atoms with Gasteiger partial charge in [0, 0.05) is 11.4 Å². The van der Waals surface area contributed by atoms with Crippen LogP contribution in [0.1, 0.15) is 46.1 Å². The maximum absolute atomic E-state index is 13.4. The Morgan fingerprint density at radius 1 is 1.38 bits per heavy atom. The lowest BCUT2D eigenvalue weighted by Gasteiger charge is -2.43. The number of alkyl halides is 1. The highest BCUT2D eigenvalue weighted by atomic mass is 127. The number of hydrogen-bond donors (Lipinski definition) is 1. The van der Waals surface area contributed by atoms with E-state index in [1.54, 1.807) is 0 Å². The monoisotopic (exact) mass is 491 g/mol. The summed E-state index contributed by atoms with van der Waals surface area (Å²) in [7, 11) is 0. The van der Waals surface area contributed by atoms with E-state index in [4.69, 9.17) is 4.74 Å². The van der Waals surface area contributed by atoms with Crippen LogP contribution in [0.25, 0.3) is 0 Å². The molecule has 0 spiro atoms. The van der Waals surface area contributed by atoms with Crippen molar-refractivity contribution in [1.29, 1.82) is 0 Å². The van der Waals surface area contributed by atoms with Crippen molar-refractivity contribution in [3.05, 3.63) is 48.0 Å². The van der Waals surface area contributed by atoms with E-state index in [2.05, 4.69) is 29.2 Å². The summed E-state index contributed by atoms with van der Waals surface area (Å²) < 4.78 is 21.0. The van der Waals surface area contributed by atoms with Crippen LogP contribution in [0, 0.1) is 0 Å². The van der Waals surface area contributed by atoms with Gasteiger partial charge in [-0.2, -0.15) is 0 Å². The van der Waals surface area contributed by atoms with Crippen LogP contribution in [-0.2, 0) is 22.6 Å². The van der Waals surface area contributed by atoms with Crippen molar-refractivity contribution in [2.75, 3.05) is 0 Å². The first-order valence-electron chi connectivity index (χ1n) is 8.97. The summed E-state index contributed by atoms with van der Waals surface area (Å²) in [4.78, 5) is 0. The van der Waals surface area contributed by atoms with Gasteiger partial charge in [-0.1, -0.05) is 65.1 Å². The van der Waals surface area contributed by atoms with Crippen LogP contribution in [0.3, 0.4) is 0 Å². The van der Waals surface area contributed by atoms with Crippen LogP contribution in [0.15, 0.2) is 42.5 Å². The van der Waals surface area contributed by atoms with E-state index >= 15 is 0 Å². The fourth-order valence-corrected chi connectivity index (χ4v) is 5.18. The number of hydrogen-bond acceptors (Lipinski definition) is 4. The summed E-state index contributed by atoms with van der Waals surface area (Å²) in [5.74, 6) is 0. The summed E-state index contributed by atoms with van der Waals surface area (Å²) in [6.45, 7) is 12.6. The number of aliphatic hydroxyl groups excluding tert-OH is 1. The lowest BCUT2D eigenvalue weighted by molar-refractivity contribution is -0.166. The minimum atomic E-state index is -1.24. The van der Waals surface area contributed by atoms with Gasteiger partial charge in [-0.25, -0.2) is 0 Å². The van der Waals surface area contributed by atoms with Gasteiger partial charge in [-0.05, 0) is 46.1 Å². The Balaban J connectivity index is 2.34. The average Bonchev–Trinajstić information content (AvgIpc) is 2.56. The molecule has 26 heavy (non-hydrogen) atoms. The summed E-state index contributed by atoms with van der Waals surface area (Å²) in [5.41, 5.74) is 2.00. The molecule has 0 radical (unpaired) electrons. The first-order chi connectivity index (χ1) is 12.1. The SMILES string of the molecule is C=C(C)[C@@H]([C@@H]1CCC(I)C(O)O1)N(Cc1ccccc1)[S+]([O-])C(C)(C)C. The van der Waals surface area contributed by atoms with Crippen LogP contribution < -0.4 is 0 Å². The summed E-state index contributed by atoms with van der Waals surface area (Å²) in [6.07, 6.45) is 0.674. The zero-order valence-corrected chi connectivity index (χ0v) is 19.0. The van der Waals surface area contributed by atoms with E-state index in [1.807, 2.05) is 62.3 Å². The van der Waals surface area contributed by atoms with Crippen LogP contribution in [0.4, 0.5) is 0 Å². The Kier molecular flexibility index (Phi) is 8.00. The second-order valence-electron chi connectivity index (χ2n) is 7.87. The summed E-state index contributed by atoms with van der Waals surface area (Å²) in [5, 5.41) is 10.2. The van der Waals surface area contributed by atoms with E-state index in [0.717, 1.165) is 24.0 Å². The van der Waals surface area contributed by atoms with Gasteiger partial charge in [0.05, 0.1) is 16.6 Å². The largest absolute Gasteiger partial charge is 0.597 e. The molecular formula is C20H30INO3S. The molecule has 4 nitrogen and oxygen atoms in total. The third-order valence-corrected chi connectivity index (χ3v) is 7.50. The minimum absolute atomic E-state index is 0.0882. The summed E-state index contributed by atoms with van der Waals surface area (Å²) >= 11 is 0.986. The van der Waals surface area contributed by atoms with Crippen molar-refractivity contribution in [3.63, 3.8) is 0 Å². The zero-order chi connectivity index (χ0) is 19.5. The van der Waals surface area contributed by atoms with Gasteiger partial charge in [0.25, 0.3) is 0 Å². The smallest absolute Gasteiger partial charge is 0.166 e. The van der Waals surface area contributed by atoms with Gasteiger partial charge in [-0.3, -0.25) is 0 Å². The van der Waals surface area contributed by atoms with E-state index in [1.165, 1.54) is 0 Å². The molecule has 1 heterocycles. The summed E-state index contributed by atoms with van der Waals surface area (Å²) in [6, 6.07) is 9.83. The van der Waals surface area contributed by atoms with Gasteiger partial charge in [0.1, 0.15) is 10.8 Å². The lowest BCUT2D eigenvalue weighted by atomic mass is 9.96. The molecule has 5 atom stereocenters. The van der Waals surface area contributed by atoms with Crippen molar-refractivity contribution in [1.82, 2.24) is 4.31 Å². The van der Waals surface area contributed by atoms with Crippen LogP contribution >= 0.6 is 22.6 Å². The number of ether oxygens (including phenoxy) is 1. The Hall–Kier alpha value is -0.120. The number of rotatable bonds is 6. The highest BCUT2D eigenvalue weighted by molar-refractivity contribution is 14.1. The number of halogens is 1. The van der Waals surface area contributed by atoms with E-state index in [-0.39, 0.29) is 16.1 Å². The third-order valence-electron chi connectivity index (χ3n) is 4.44. The maximum Gasteiger partial charge on any atom is 0.166 e. The van der Waals surface area contributed by atoms with Gasteiger partial charge in [0.15, 0.2) is 6.29 Å². The van der Waals surface area contributed by atoms with E-state index in [9.17, 15) is 9.66 Å². The normalized spacial score (nSPS) is 26.5. The fraction of sp³-hybridized carbons (Fsp3) is 0.600. The van der Waals surface area contributed by atoms with E-state index < -0.39 is 22.4 Å². The molecule has 2 rings (SSSR count). The number of nitrogens with zero attached hydrogens (tertiary/aromatic N) is 1. The van der Waals surface area contributed by atoms with Gasteiger partial charge < -0.3 is 14.4 Å². The molecule has 1 aliphatic heterocycles. The molecule has 1 saturated heterocycles. The van der Waals surface area contributed by atoms with Crippen molar-refractivity contribution in [2.24, 2.45) is 0 Å². The second-order valence-corrected chi connectivity index (χ2v) is 11.7. The third kappa shape index (κ3) is 5.69. The van der Waals surface area contributed by atoms with Gasteiger partial charge >= 0.3 is 0 Å². The Bertz CT molecular complexity index is 592. The van der Waals surface area contributed by atoms with Gasteiger partial charge in [-0.15, -0.1) is 4.31 Å². The zero-order valence-electron chi connectivity index (χ0n) is 16.0. The highest BCUT2D eigenvalue weighted by Gasteiger charge is 2.44. The molecular weight excluding hydrogens is 461 g/mol. The topological polar surface area (TPSA) is 55.8 Å². The molecule has 1 aliphatic rings. The fourth-order valence-electron chi connectivity index (χ4n) is 3.15. The average molecular weight is 491 g/mol. The molecule has 3 unspecified atom stereocenters. The Morgan fingerprint density at radius 2 is 2.00 bits per heavy atom. The molecule has 1 fully saturated rings. The van der Waals surface area contributed by atoms with Crippen LogP contribution in [0.5, 0.6) is 0 Å². The molecule has 0 aliphatic carbocycles. The molecule has 0 bridgehead atoms. The molecule has 146 valence electrons. The molecule has 6 heteroatoms. The van der Waals surface area contributed by atoms with E-state index in [0.29, 0.717) is 6.54 Å². The lowest BCUT2D eigenvalue weighted by Crippen LogP contribution is -2.55. The first kappa shape index (κ1) is 22.2. The maximum atomic E-state index is 13.4. The van der Waals surface area contributed by atoms with Gasteiger partial charge in [0.2, 0.25) is 0 Å². The predicted molar refractivity (Wildman–Crippen MR) is 116 cm³/mol. The standard InChI is InChI=1S/C20H30INO3S/c1-14(2)18(17-12-11-16(21)19(23)25-17)22(26(24)20(3,4)5)13-15-9-7-6-8-10-15/h6-10,16-19,23H,1,11-13H2,2-5H3/t16?,17-,18-,19?,26?/m0/s1. The molecule has 1 aromatic carbocycles. The molecule has 1 aromatic rings. The highest BCUT2D eigenvalue weighted by Crippen LogP contribution is 2.34. The number of aliphatic hydroxyl groups is 1. The minimum Gasteiger partial charge on any atom is -0.597 e. The first-order valence-corrected chi connectivity index (χ1v) is 11.3. The van der Waals surface area contributed by atoms with Crippen LogP contribution in [0.2, 0.25) is 0 Å². The Morgan fingerprint density at radius 3 is 2.50 bits per heavy atom. The Labute approximate surface area is 174 Å². The second kappa shape index (κ2) is 9.39. The van der Waals surface area contributed by atoms with Crippen molar-refractivity contribution >= 4 is 34.0 Å². The number of benzene rings is 1. The molecule has 0 amide bonds. The predicted octanol–water partition coefficient (Wildman–Crippen LogP) is 4.20. The molecule has 0 saturated carbocycles. The van der Waals surface area contributed by atoms with Crippen molar-refractivity contribution in [3.8, 4) is 0 Å². The van der Waals surface area contributed by atoms with Crippen LogP contribution in [-0.4, -0.2) is 41.1 Å². The van der Waals surface area contributed by atoms with Crippen molar-refractivity contribution in [2.45, 2.75) is 74.2 Å². The van der Waals surface area contributed by atoms with Crippen molar-refractivity contribution < 1.29 is 14.4 Å².